The molecule has 1 fully saturated rings. The van der Waals surface area contributed by atoms with Crippen molar-refractivity contribution in [3.8, 4) is 11.5 Å². The van der Waals surface area contributed by atoms with Gasteiger partial charge >= 0.3 is 0 Å². The van der Waals surface area contributed by atoms with Gasteiger partial charge in [-0.1, -0.05) is 36.4 Å². The second kappa shape index (κ2) is 10.5. The third-order valence-corrected chi connectivity index (χ3v) is 5.55. The summed E-state index contributed by atoms with van der Waals surface area (Å²) in [6.07, 6.45) is 3.03. The number of aliphatic hydroxyl groups excluding tert-OH is 1. The van der Waals surface area contributed by atoms with Crippen LogP contribution in [0.4, 0.5) is 0 Å². The van der Waals surface area contributed by atoms with Crippen LogP contribution in [0.3, 0.4) is 0 Å². The number of rotatable bonds is 9. The van der Waals surface area contributed by atoms with Gasteiger partial charge in [0.15, 0.2) is 11.5 Å². The molecule has 0 saturated carbocycles. The van der Waals surface area contributed by atoms with Crippen molar-refractivity contribution in [2.45, 2.75) is 31.8 Å². The minimum absolute atomic E-state index is 0.187. The van der Waals surface area contributed by atoms with Gasteiger partial charge in [0.1, 0.15) is 0 Å². The zero-order valence-electron chi connectivity index (χ0n) is 16.8. The summed E-state index contributed by atoms with van der Waals surface area (Å²) in [6.45, 7) is 5.05. The van der Waals surface area contributed by atoms with Crippen molar-refractivity contribution in [2.24, 2.45) is 0 Å². The average Bonchev–Trinajstić information content (AvgIpc) is 2.71. The monoisotopic (exact) mass is 384 g/mol. The molecule has 3 rings (SSSR count). The van der Waals surface area contributed by atoms with E-state index in [0.29, 0.717) is 11.8 Å². The Balaban J connectivity index is 1.52. The maximum absolute atomic E-state index is 10.0. The first-order valence-electron chi connectivity index (χ1n) is 10.2. The number of hydrogen-bond acceptors (Lipinski definition) is 5. The molecule has 28 heavy (non-hydrogen) atoms. The number of piperazine rings is 1. The quantitative estimate of drug-likeness (QED) is 0.696. The Morgan fingerprint density at radius 1 is 1.07 bits per heavy atom. The van der Waals surface area contributed by atoms with Crippen LogP contribution < -0.4 is 4.74 Å². The van der Waals surface area contributed by atoms with Gasteiger partial charge in [-0.25, -0.2) is 0 Å². The first-order chi connectivity index (χ1) is 13.7. The molecule has 0 radical (unpaired) electrons. The lowest BCUT2D eigenvalue weighted by Crippen LogP contribution is -2.53. The highest BCUT2D eigenvalue weighted by atomic mass is 16.5. The average molecular weight is 385 g/mol. The van der Waals surface area contributed by atoms with Gasteiger partial charge in [0.25, 0.3) is 0 Å². The minimum Gasteiger partial charge on any atom is -0.504 e. The van der Waals surface area contributed by atoms with Crippen molar-refractivity contribution in [3.63, 3.8) is 0 Å². The minimum atomic E-state index is 0.187. The Hall–Kier alpha value is -2.08. The van der Waals surface area contributed by atoms with Gasteiger partial charge in [0.05, 0.1) is 7.11 Å². The SMILES string of the molecule is COc1ccc(CN2CCN(CCCc3ccccc3)C(CCO)C2)cc1O. The Bertz CT molecular complexity index is 723. The van der Waals surface area contributed by atoms with Crippen LogP contribution in [-0.2, 0) is 13.0 Å². The van der Waals surface area contributed by atoms with Crippen LogP contribution in [0, 0.1) is 0 Å². The highest BCUT2D eigenvalue weighted by molar-refractivity contribution is 5.41. The second-order valence-electron chi connectivity index (χ2n) is 7.53. The summed E-state index contributed by atoms with van der Waals surface area (Å²) < 4.78 is 5.12. The zero-order valence-corrected chi connectivity index (χ0v) is 16.8. The fourth-order valence-electron chi connectivity index (χ4n) is 4.04. The highest BCUT2D eigenvalue weighted by Crippen LogP contribution is 2.27. The van der Waals surface area contributed by atoms with E-state index in [1.165, 1.54) is 5.56 Å². The second-order valence-corrected chi connectivity index (χ2v) is 7.53. The van der Waals surface area contributed by atoms with Gasteiger partial charge < -0.3 is 14.9 Å². The summed E-state index contributed by atoms with van der Waals surface area (Å²) in [6, 6.07) is 16.6. The third kappa shape index (κ3) is 5.71. The van der Waals surface area contributed by atoms with E-state index < -0.39 is 0 Å². The maximum atomic E-state index is 10.0. The van der Waals surface area contributed by atoms with E-state index in [9.17, 15) is 10.2 Å². The van der Waals surface area contributed by atoms with Gasteiger partial charge in [-0.15, -0.1) is 0 Å². The number of methoxy groups -OCH3 is 1. The molecule has 0 aliphatic carbocycles. The van der Waals surface area contributed by atoms with Crippen molar-refractivity contribution in [1.29, 1.82) is 0 Å². The number of nitrogens with zero attached hydrogens (tertiary/aromatic N) is 2. The van der Waals surface area contributed by atoms with Crippen LogP contribution in [0.25, 0.3) is 0 Å². The first-order valence-corrected chi connectivity index (χ1v) is 10.2. The molecule has 1 saturated heterocycles. The van der Waals surface area contributed by atoms with Crippen molar-refractivity contribution >= 4 is 0 Å². The molecule has 1 aliphatic rings. The van der Waals surface area contributed by atoms with E-state index in [1.54, 1.807) is 13.2 Å². The Kier molecular flexibility index (Phi) is 7.71. The predicted octanol–water partition coefficient (Wildman–Crippen LogP) is 2.90. The number of phenols is 1. The normalized spacial score (nSPS) is 18.3. The van der Waals surface area contributed by atoms with Crippen LogP contribution in [0.2, 0.25) is 0 Å². The van der Waals surface area contributed by atoms with Crippen LogP contribution in [0.15, 0.2) is 48.5 Å². The molecule has 1 unspecified atom stereocenters. The predicted molar refractivity (Wildman–Crippen MR) is 112 cm³/mol. The molecular formula is C23H32N2O3. The van der Waals surface area contributed by atoms with Crippen molar-refractivity contribution in [3.05, 3.63) is 59.7 Å². The summed E-state index contributed by atoms with van der Waals surface area (Å²) in [5, 5.41) is 19.5. The fourth-order valence-corrected chi connectivity index (χ4v) is 4.04. The molecule has 0 spiro atoms. The van der Waals surface area contributed by atoms with E-state index >= 15 is 0 Å². The topological polar surface area (TPSA) is 56.2 Å². The number of phenolic OH excluding ortho intramolecular Hbond substituents is 1. The van der Waals surface area contributed by atoms with Crippen molar-refractivity contribution < 1.29 is 14.9 Å². The van der Waals surface area contributed by atoms with Crippen molar-refractivity contribution in [1.82, 2.24) is 9.80 Å². The summed E-state index contributed by atoms with van der Waals surface area (Å²) >= 11 is 0. The Morgan fingerprint density at radius 3 is 2.61 bits per heavy atom. The van der Waals surface area contributed by atoms with E-state index in [0.717, 1.165) is 57.5 Å². The molecule has 2 aromatic carbocycles. The van der Waals surface area contributed by atoms with Gasteiger partial charge in [0, 0.05) is 38.8 Å². The zero-order chi connectivity index (χ0) is 19.8. The molecule has 0 bridgehead atoms. The lowest BCUT2D eigenvalue weighted by atomic mass is 10.1. The lowest BCUT2D eigenvalue weighted by Gasteiger charge is -2.41. The molecule has 2 N–H and O–H groups in total. The summed E-state index contributed by atoms with van der Waals surface area (Å²) in [5.41, 5.74) is 2.47. The number of aromatic hydroxyl groups is 1. The lowest BCUT2D eigenvalue weighted by molar-refractivity contribution is 0.0546. The molecule has 1 heterocycles. The van der Waals surface area contributed by atoms with Crippen LogP contribution >= 0.6 is 0 Å². The van der Waals surface area contributed by atoms with Crippen molar-refractivity contribution in [2.75, 3.05) is 39.9 Å². The molecule has 0 aromatic heterocycles. The number of aliphatic hydroxyl groups is 1. The van der Waals surface area contributed by atoms with Gasteiger partial charge in [-0.2, -0.15) is 0 Å². The standard InChI is InChI=1S/C23H32N2O3/c1-28-23-10-9-20(16-22(23)27)17-24-13-14-25(21(18-24)11-15-26)12-5-8-19-6-3-2-4-7-19/h2-4,6-7,9-10,16,21,26-27H,5,8,11-15,17-18H2,1H3. The van der Waals surface area contributed by atoms with Gasteiger partial charge in [-0.3, -0.25) is 9.80 Å². The first kappa shape index (κ1) is 20.6. The van der Waals surface area contributed by atoms with Gasteiger partial charge in [-0.05, 0) is 49.1 Å². The molecular weight excluding hydrogens is 352 g/mol. The largest absolute Gasteiger partial charge is 0.504 e. The summed E-state index contributed by atoms with van der Waals surface area (Å²) in [5.74, 6) is 0.691. The van der Waals surface area contributed by atoms with E-state index in [2.05, 4.69) is 40.1 Å². The molecule has 5 heteroatoms. The number of ether oxygens (including phenoxy) is 1. The van der Waals surface area contributed by atoms with Crippen LogP contribution in [0.5, 0.6) is 11.5 Å². The number of benzene rings is 2. The van der Waals surface area contributed by atoms with Gasteiger partial charge in [0.2, 0.25) is 0 Å². The van der Waals surface area contributed by atoms with E-state index in [-0.39, 0.29) is 12.4 Å². The fraction of sp³-hybridized carbons (Fsp3) is 0.478. The molecule has 0 amide bonds. The third-order valence-electron chi connectivity index (χ3n) is 5.55. The number of aryl methyl sites for hydroxylation is 1. The molecule has 152 valence electrons. The van der Waals surface area contributed by atoms with E-state index in [1.807, 2.05) is 12.1 Å². The van der Waals surface area contributed by atoms with Crippen LogP contribution in [-0.4, -0.2) is 66.0 Å². The van der Waals surface area contributed by atoms with Crippen LogP contribution in [0.1, 0.15) is 24.0 Å². The summed E-state index contributed by atoms with van der Waals surface area (Å²) in [7, 11) is 1.56. The molecule has 1 atom stereocenters. The molecule has 5 nitrogen and oxygen atoms in total. The summed E-state index contributed by atoms with van der Waals surface area (Å²) in [4.78, 5) is 4.94. The smallest absolute Gasteiger partial charge is 0.160 e. The maximum Gasteiger partial charge on any atom is 0.160 e. The molecule has 1 aliphatic heterocycles. The molecule has 2 aromatic rings. The Morgan fingerprint density at radius 2 is 1.89 bits per heavy atom. The highest BCUT2D eigenvalue weighted by Gasteiger charge is 2.26. The van der Waals surface area contributed by atoms with E-state index in [4.69, 9.17) is 4.74 Å². The number of hydrogen-bond donors (Lipinski definition) is 2. The Labute approximate surface area is 168 Å².